The number of aryl methyl sites for hydroxylation is 1. The first kappa shape index (κ1) is 17.5. The zero-order valence-electron chi connectivity index (χ0n) is 12.7. The molecule has 1 aromatic rings. The van der Waals surface area contributed by atoms with Crippen molar-refractivity contribution in [2.75, 3.05) is 6.54 Å². The summed E-state index contributed by atoms with van der Waals surface area (Å²) in [5.41, 5.74) is 1.42. The van der Waals surface area contributed by atoms with Gasteiger partial charge in [0, 0.05) is 17.9 Å². The zero-order chi connectivity index (χ0) is 16.2. The van der Waals surface area contributed by atoms with E-state index in [-0.39, 0.29) is 12.3 Å². The fourth-order valence-electron chi connectivity index (χ4n) is 1.89. The van der Waals surface area contributed by atoms with E-state index in [1.807, 2.05) is 6.92 Å². The van der Waals surface area contributed by atoms with Gasteiger partial charge in [0.2, 0.25) is 5.91 Å². The van der Waals surface area contributed by atoms with Crippen molar-refractivity contribution in [2.24, 2.45) is 5.92 Å². The Hall–Kier alpha value is -1.59. The molecule has 3 nitrogen and oxygen atoms in total. The molecule has 1 rings (SSSR count). The molecule has 0 aliphatic rings. The van der Waals surface area contributed by atoms with E-state index < -0.39 is 24.7 Å². The molecule has 0 aliphatic heterocycles. The van der Waals surface area contributed by atoms with Gasteiger partial charge in [0.05, 0.1) is 6.42 Å². The molecule has 0 bridgehead atoms. The maximum atomic E-state index is 12.7. The standard InChI is InChI=1S/C15H21F3N2O/c1-10(2)12(4)20(9-15(16,17)18)14(21)7-13-6-5-11(3)19-8-13/h5-6,8,10,12H,7,9H2,1-4H3/t12-/m0/s1. The minimum Gasteiger partial charge on any atom is -0.330 e. The largest absolute Gasteiger partial charge is 0.406 e. The van der Waals surface area contributed by atoms with Gasteiger partial charge in [-0.2, -0.15) is 13.2 Å². The van der Waals surface area contributed by atoms with Crippen LogP contribution in [0.3, 0.4) is 0 Å². The average Bonchev–Trinajstić information content (AvgIpc) is 2.36. The van der Waals surface area contributed by atoms with Crippen molar-refractivity contribution in [1.82, 2.24) is 9.88 Å². The summed E-state index contributed by atoms with van der Waals surface area (Å²) >= 11 is 0. The molecular formula is C15H21F3N2O. The van der Waals surface area contributed by atoms with Gasteiger partial charge in [0.25, 0.3) is 0 Å². The zero-order valence-corrected chi connectivity index (χ0v) is 12.7. The molecule has 1 atom stereocenters. The Morgan fingerprint density at radius 3 is 2.33 bits per heavy atom. The number of carbonyl (C=O) groups excluding carboxylic acids is 1. The Labute approximate surface area is 123 Å². The second-order valence-electron chi connectivity index (χ2n) is 5.61. The highest BCUT2D eigenvalue weighted by Gasteiger charge is 2.35. The van der Waals surface area contributed by atoms with E-state index in [9.17, 15) is 18.0 Å². The SMILES string of the molecule is Cc1ccc(CC(=O)N(CC(F)(F)F)[C@@H](C)C(C)C)cn1. The second kappa shape index (κ2) is 6.91. The van der Waals surface area contributed by atoms with Crippen LogP contribution in [0.25, 0.3) is 0 Å². The van der Waals surface area contributed by atoms with Crippen LogP contribution in [0, 0.1) is 12.8 Å². The number of hydrogen-bond acceptors (Lipinski definition) is 2. The van der Waals surface area contributed by atoms with Gasteiger partial charge in [-0.15, -0.1) is 0 Å². The number of amides is 1. The van der Waals surface area contributed by atoms with Crippen LogP contribution in [0.2, 0.25) is 0 Å². The van der Waals surface area contributed by atoms with Crippen LogP contribution >= 0.6 is 0 Å². The first-order chi connectivity index (χ1) is 9.60. The molecule has 0 N–H and O–H groups in total. The van der Waals surface area contributed by atoms with Crippen LogP contribution in [-0.2, 0) is 11.2 Å². The van der Waals surface area contributed by atoms with E-state index in [0.717, 1.165) is 10.6 Å². The van der Waals surface area contributed by atoms with Crippen molar-refractivity contribution in [3.8, 4) is 0 Å². The summed E-state index contributed by atoms with van der Waals surface area (Å²) in [6, 6.07) is 2.98. The first-order valence-electron chi connectivity index (χ1n) is 6.88. The summed E-state index contributed by atoms with van der Waals surface area (Å²) in [5.74, 6) is -0.577. The molecule has 1 amide bonds. The lowest BCUT2D eigenvalue weighted by molar-refractivity contribution is -0.166. The Bertz CT molecular complexity index is 469. The van der Waals surface area contributed by atoms with Crippen molar-refractivity contribution < 1.29 is 18.0 Å². The number of aromatic nitrogens is 1. The molecule has 0 saturated carbocycles. The molecule has 0 unspecified atom stereocenters. The van der Waals surface area contributed by atoms with Gasteiger partial charge >= 0.3 is 6.18 Å². The van der Waals surface area contributed by atoms with Crippen molar-refractivity contribution >= 4 is 5.91 Å². The molecule has 118 valence electrons. The van der Waals surface area contributed by atoms with Crippen molar-refractivity contribution in [3.05, 3.63) is 29.6 Å². The van der Waals surface area contributed by atoms with Crippen LogP contribution < -0.4 is 0 Å². The van der Waals surface area contributed by atoms with E-state index in [4.69, 9.17) is 0 Å². The number of carbonyl (C=O) groups is 1. The highest BCUT2D eigenvalue weighted by Crippen LogP contribution is 2.21. The molecule has 21 heavy (non-hydrogen) atoms. The molecule has 0 saturated heterocycles. The molecule has 0 aromatic carbocycles. The summed E-state index contributed by atoms with van der Waals surface area (Å²) in [5, 5.41) is 0. The maximum Gasteiger partial charge on any atom is 0.406 e. The molecule has 0 spiro atoms. The summed E-state index contributed by atoms with van der Waals surface area (Å²) < 4.78 is 38.0. The van der Waals surface area contributed by atoms with Gasteiger partial charge in [-0.25, -0.2) is 0 Å². The topological polar surface area (TPSA) is 33.2 Å². The summed E-state index contributed by atoms with van der Waals surface area (Å²) in [7, 11) is 0. The summed E-state index contributed by atoms with van der Waals surface area (Å²) in [6.07, 6.45) is -2.94. The van der Waals surface area contributed by atoms with Crippen molar-refractivity contribution in [3.63, 3.8) is 0 Å². The number of rotatable bonds is 5. The minimum absolute atomic E-state index is 0.0487. The van der Waals surface area contributed by atoms with Gasteiger partial charge < -0.3 is 4.90 Å². The Morgan fingerprint density at radius 1 is 1.29 bits per heavy atom. The van der Waals surface area contributed by atoms with E-state index >= 15 is 0 Å². The highest BCUT2D eigenvalue weighted by molar-refractivity contribution is 5.79. The smallest absolute Gasteiger partial charge is 0.330 e. The fraction of sp³-hybridized carbons (Fsp3) is 0.600. The number of nitrogens with zero attached hydrogens (tertiary/aromatic N) is 2. The van der Waals surface area contributed by atoms with Crippen LogP contribution in [0.5, 0.6) is 0 Å². The second-order valence-corrected chi connectivity index (χ2v) is 5.61. The predicted octanol–water partition coefficient (Wildman–Crippen LogP) is 3.37. The normalized spacial score (nSPS) is 13.3. The van der Waals surface area contributed by atoms with Crippen LogP contribution in [-0.4, -0.2) is 34.6 Å². The molecule has 6 heteroatoms. The molecule has 0 fully saturated rings. The van der Waals surface area contributed by atoms with Crippen LogP contribution in [0.4, 0.5) is 13.2 Å². The molecule has 1 aromatic heterocycles. The Morgan fingerprint density at radius 2 is 1.90 bits per heavy atom. The lowest BCUT2D eigenvalue weighted by atomic mass is 10.0. The van der Waals surface area contributed by atoms with Gasteiger partial charge in [-0.3, -0.25) is 9.78 Å². The van der Waals surface area contributed by atoms with E-state index in [1.54, 1.807) is 32.9 Å². The van der Waals surface area contributed by atoms with Gasteiger partial charge in [0.1, 0.15) is 6.54 Å². The van der Waals surface area contributed by atoms with Gasteiger partial charge in [-0.1, -0.05) is 19.9 Å². The number of pyridine rings is 1. The van der Waals surface area contributed by atoms with E-state index in [1.165, 1.54) is 6.20 Å². The van der Waals surface area contributed by atoms with E-state index in [2.05, 4.69) is 4.98 Å². The third kappa shape index (κ3) is 5.73. The third-order valence-electron chi connectivity index (χ3n) is 3.45. The van der Waals surface area contributed by atoms with Crippen molar-refractivity contribution in [1.29, 1.82) is 0 Å². The Kier molecular flexibility index (Phi) is 5.75. The highest BCUT2D eigenvalue weighted by atomic mass is 19.4. The monoisotopic (exact) mass is 302 g/mol. The fourth-order valence-corrected chi connectivity index (χ4v) is 1.89. The quantitative estimate of drug-likeness (QED) is 0.835. The summed E-state index contributed by atoms with van der Waals surface area (Å²) in [6.45, 7) is 5.83. The van der Waals surface area contributed by atoms with Crippen LogP contribution in [0.1, 0.15) is 32.0 Å². The summed E-state index contributed by atoms with van der Waals surface area (Å²) in [4.78, 5) is 17.2. The lowest BCUT2D eigenvalue weighted by Gasteiger charge is -2.32. The molecule has 0 aliphatic carbocycles. The molecular weight excluding hydrogens is 281 g/mol. The number of alkyl halides is 3. The van der Waals surface area contributed by atoms with Gasteiger partial charge in [0.15, 0.2) is 0 Å². The minimum atomic E-state index is -4.40. The molecule has 1 heterocycles. The Balaban J connectivity index is 2.86. The predicted molar refractivity (Wildman–Crippen MR) is 74.7 cm³/mol. The number of hydrogen-bond donors (Lipinski definition) is 0. The maximum absolute atomic E-state index is 12.7. The van der Waals surface area contributed by atoms with Gasteiger partial charge in [-0.05, 0) is 31.4 Å². The van der Waals surface area contributed by atoms with E-state index in [0.29, 0.717) is 5.56 Å². The van der Waals surface area contributed by atoms with Crippen molar-refractivity contribution in [2.45, 2.75) is 46.3 Å². The van der Waals surface area contributed by atoms with Crippen LogP contribution in [0.15, 0.2) is 18.3 Å². The number of halogens is 3. The average molecular weight is 302 g/mol. The lowest BCUT2D eigenvalue weighted by Crippen LogP contribution is -2.47. The first-order valence-corrected chi connectivity index (χ1v) is 6.88. The molecule has 0 radical (unpaired) electrons. The third-order valence-corrected chi connectivity index (χ3v) is 3.45.